The summed E-state index contributed by atoms with van der Waals surface area (Å²) in [7, 11) is 1.63. The Kier molecular flexibility index (Phi) is 3.72. The quantitative estimate of drug-likeness (QED) is 0.630. The maximum Gasteiger partial charge on any atom is 0.237 e. The highest BCUT2D eigenvalue weighted by Gasteiger charge is 2.48. The Hall–Kier alpha value is -2.55. The molecule has 3 rings (SSSR count). The number of nitrogens with zero attached hydrogens (tertiary/aromatic N) is 1. The second kappa shape index (κ2) is 5.68. The van der Waals surface area contributed by atoms with Gasteiger partial charge in [0.05, 0.1) is 19.1 Å². The first-order valence-electron chi connectivity index (χ1n) is 7.31. The molecule has 0 radical (unpaired) electrons. The molecule has 0 unspecified atom stereocenters. The third-order valence-electron chi connectivity index (χ3n) is 4.12. The number of β-lactam (4-membered cyclic amide) rings is 1. The molecule has 1 heterocycles. The van der Waals surface area contributed by atoms with Crippen molar-refractivity contribution in [2.45, 2.75) is 13.0 Å². The van der Waals surface area contributed by atoms with Crippen LogP contribution in [0, 0.1) is 5.92 Å². The normalized spacial score (nSPS) is 20.5. The van der Waals surface area contributed by atoms with E-state index in [9.17, 15) is 4.79 Å². The van der Waals surface area contributed by atoms with Crippen LogP contribution in [-0.2, 0) is 4.79 Å². The minimum Gasteiger partial charge on any atom is -0.497 e. The zero-order chi connectivity index (χ0) is 15.7. The maximum atomic E-state index is 12.6. The first-order chi connectivity index (χ1) is 10.6. The van der Waals surface area contributed by atoms with Crippen LogP contribution in [0.3, 0.4) is 0 Å². The minimum absolute atomic E-state index is 0.0135. The molecule has 112 valence electrons. The summed E-state index contributed by atoms with van der Waals surface area (Å²) in [5.41, 5.74) is 2.92. The third-order valence-corrected chi connectivity index (χ3v) is 4.12. The number of carbonyl (C=O) groups excluding carboxylic acids is 1. The molecule has 0 saturated carbocycles. The number of benzene rings is 2. The summed E-state index contributed by atoms with van der Waals surface area (Å²) in [6.07, 6.45) is 0. The van der Waals surface area contributed by atoms with Crippen molar-refractivity contribution in [3.63, 3.8) is 0 Å². The van der Waals surface area contributed by atoms with E-state index in [0.717, 1.165) is 22.6 Å². The molecule has 2 atom stereocenters. The fourth-order valence-corrected chi connectivity index (χ4v) is 2.99. The van der Waals surface area contributed by atoms with E-state index >= 15 is 0 Å². The number of anilines is 1. The number of amides is 1. The van der Waals surface area contributed by atoms with Gasteiger partial charge in [-0.25, -0.2) is 0 Å². The smallest absolute Gasteiger partial charge is 0.237 e. The molecule has 0 aliphatic carbocycles. The van der Waals surface area contributed by atoms with Crippen LogP contribution in [0.1, 0.15) is 18.5 Å². The predicted octanol–water partition coefficient (Wildman–Crippen LogP) is 3.98. The van der Waals surface area contributed by atoms with Crippen molar-refractivity contribution in [2.24, 2.45) is 5.92 Å². The number of hydrogen-bond donors (Lipinski definition) is 0. The molecule has 1 amide bonds. The van der Waals surface area contributed by atoms with Crippen LogP contribution in [-0.4, -0.2) is 13.0 Å². The van der Waals surface area contributed by atoms with Gasteiger partial charge in [0.25, 0.3) is 0 Å². The van der Waals surface area contributed by atoms with Crippen molar-refractivity contribution in [2.75, 3.05) is 12.0 Å². The zero-order valence-corrected chi connectivity index (χ0v) is 12.8. The molecule has 3 heteroatoms. The summed E-state index contributed by atoms with van der Waals surface area (Å²) >= 11 is 0. The summed E-state index contributed by atoms with van der Waals surface area (Å²) < 4.78 is 5.18. The van der Waals surface area contributed by atoms with Crippen LogP contribution < -0.4 is 9.64 Å². The lowest BCUT2D eigenvalue weighted by Crippen LogP contribution is -2.55. The molecule has 2 aromatic rings. The molecule has 1 aliphatic rings. The maximum absolute atomic E-state index is 12.6. The predicted molar refractivity (Wildman–Crippen MR) is 88.0 cm³/mol. The van der Waals surface area contributed by atoms with E-state index in [1.807, 2.05) is 54.3 Å². The molecule has 0 bridgehead atoms. The molecule has 1 fully saturated rings. The topological polar surface area (TPSA) is 29.5 Å². The van der Waals surface area contributed by atoms with Gasteiger partial charge >= 0.3 is 0 Å². The Labute approximate surface area is 130 Å². The molecule has 3 nitrogen and oxygen atoms in total. The molecule has 1 aliphatic heterocycles. The third kappa shape index (κ3) is 2.29. The first-order valence-corrected chi connectivity index (χ1v) is 7.31. The van der Waals surface area contributed by atoms with Crippen LogP contribution in [0.2, 0.25) is 0 Å². The number of methoxy groups -OCH3 is 1. The second-order valence-electron chi connectivity index (χ2n) is 5.59. The highest BCUT2D eigenvalue weighted by molar-refractivity contribution is 6.05. The van der Waals surface area contributed by atoms with Crippen molar-refractivity contribution >= 4 is 11.6 Å². The Balaban J connectivity index is 1.98. The zero-order valence-electron chi connectivity index (χ0n) is 12.8. The van der Waals surface area contributed by atoms with Crippen LogP contribution in [0.5, 0.6) is 5.75 Å². The number of rotatable bonds is 4. The standard InChI is InChI=1S/C19H19NO2/c1-13(2)17-18(14-7-5-4-6-8-14)20(19(17)21)15-9-11-16(22-3)12-10-15/h4-12,17-18H,1H2,2-3H3/t17-,18-/m1/s1. The molecule has 2 aromatic carbocycles. The van der Waals surface area contributed by atoms with Crippen molar-refractivity contribution in [1.82, 2.24) is 0 Å². The van der Waals surface area contributed by atoms with Crippen LogP contribution in [0.15, 0.2) is 66.7 Å². The van der Waals surface area contributed by atoms with Crippen molar-refractivity contribution in [3.8, 4) is 5.75 Å². The average molecular weight is 293 g/mol. The van der Waals surface area contributed by atoms with Gasteiger partial charge in [-0.2, -0.15) is 0 Å². The summed E-state index contributed by atoms with van der Waals surface area (Å²) in [5.74, 6) is 0.737. The number of hydrogen-bond acceptors (Lipinski definition) is 2. The summed E-state index contributed by atoms with van der Waals surface area (Å²) in [6, 6.07) is 17.7. The lowest BCUT2D eigenvalue weighted by Gasteiger charge is -2.48. The van der Waals surface area contributed by atoms with Crippen LogP contribution >= 0.6 is 0 Å². The van der Waals surface area contributed by atoms with Gasteiger partial charge in [-0.1, -0.05) is 42.5 Å². The van der Waals surface area contributed by atoms with E-state index in [0.29, 0.717) is 0 Å². The van der Waals surface area contributed by atoms with E-state index in [4.69, 9.17) is 4.74 Å². The average Bonchev–Trinajstić information content (AvgIpc) is 2.53. The van der Waals surface area contributed by atoms with Crippen molar-refractivity contribution in [1.29, 1.82) is 0 Å². The van der Waals surface area contributed by atoms with E-state index < -0.39 is 0 Å². The molecule has 0 spiro atoms. The molecule has 0 aromatic heterocycles. The largest absolute Gasteiger partial charge is 0.497 e. The van der Waals surface area contributed by atoms with Crippen molar-refractivity contribution in [3.05, 3.63) is 72.3 Å². The van der Waals surface area contributed by atoms with Gasteiger partial charge in [-0.15, -0.1) is 0 Å². The Bertz CT molecular complexity index is 691. The van der Waals surface area contributed by atoms with Crippen LogP contribution in [0.25, 0.3) is 0 Å². The first kappa shape index (κ1) is 14.4. The highest BCUT2D eigenvalue weighted by atomic mass is 16.5. The lowest BCUT2D eigenvalue weighted by molar-refractivity contribution is -0.128. The van der Waals surface area contributed by atoms with Gasteiger partial charge < -0.3 is 9.64 Å². The van der Waals surface area contributed by atoms with E-state index in [2.05, 4.69) is 18.7 Å². The van der Waals surface area contributed by atoms with Gasteiger partial charge in [0.15, 0.2) is 0 Å². The van der Waals surface area contributed by atoms with Gasteiger partial charge in [-0.3, -0.25) is 4.79 Å². The van der Waals surface area contributed by atoms with Gasteiger partial charge in [0.2, 0.25) is 5.91 Å². The van der Waals surface area contributed by atoms with Gasteiger partial charge in [0.1, 0.15) is 5.75 Å². The second-order valence-corrected chi connectivity index (χ2v) is 5.59. The lowest BCUT2D eigenvalue weighted by atomic mass is 9.78. The monoisotopic (exact) mass is 293 g/mol. The van der Waals surface area contributed by atoms with Crippen LogP contribution in [0.4, 0.5) is 5.69 Å². The Morgan fingerprint density at radius 2 is 1.73 bits per heavy atom. The van der Waals surface area contributed by atoms with Gasteiger partial charge in [-0.05, 0) is 36.8 Å². The molecular weight excluding hydrogens is 274 g/mol. The Morgan fingerprint density at radius 3 is 2.27 bits per heavy atom. The van der Waals surface area contributed by atoms with E-state index in [1.165, 1.54) is 0 Å². The van der Waals surface area contributed by atoms with E-state index in [-0.39, 0.29) is 17.9 Å². The summed E-state index contributed by atoms with van der Waals surface area (Å²) in [5, 5.41) is 0. The van der Waals surface area contributed by atoms with Crippen molar-refractivity contribution < 1.29 is 9.53 Å². The SMILES string of the molecule is C=C(C)[C@H]1C(=O)N(c2ccc(OC)cc2)[C@@H]1c1ccccc1. The Morgan fingerprint density at radius 1 is 1.09 bits per heavy atom. The molecule has 22 heavy (non-hydrogen) atoms. The summed E-state index contributed by atoms with van der Waals surface area (Å²) in [4.78, 5) is 14.4. The molecule has 1 saturated heterocycles. The van der Waals surface area contributed by atoms with E-state index in [1.54, 1.807) is 7.11 Å². The fraction of sp³-hybridized carbons (Fsp3) is 0.211. The fourth-order valence-electron chi connectivity index (χ4n) is 2.99. The van der Waals surface area contributed by atoms with Gasteiger partial charge in [0, 0.05) is 5.69 Å². The number of ether oxygens (including phenoxy) is 1. The minimum atomic E-state index is -0.149. The summed E-state index contributed by atoms with van der Waals surface area (Å²) in [6.45, 7) is 5.91. The molecule has 0 N–H and O–H groups in total. The number of carbonyl (C=O) groups is 1. The highest BCUT2D eigenvalue weighted by Crippen LogP contribution is 2.46. The molecular formula is C19H19NO2.